The maximum Gasteiger partial charge on any atom is 0.246 e. The first-order valence-electron chi connectivity index (χ1n) is 12.6. The molecule has 0 radical (unpaired) electrons. The second-order valence-electron chi connectivity index (χ2n) is 9.40. The number of carbonyl (C=O) groups excluding carboxylic acids is 3. The van der Waals surface area contributed by atoms with E-state index < -0.39 is 11.6 Å². The molecule has 34 heavy (non-hydrogen) atoms. The number of hydrogen-bond acceptors (Lipinski definition) is 5. The summed E-state index contributed by atoms with van der Waals surface area (Å²) < 4.78 is 4.80. The highest BCUT2D eigenvalue weighted by Crippen LogP contribution is 2.34. The molecule has 0 aliphatic carbocycles. The fraction of sp³-hybridized carbons (Fsp3) is 0.654. The fourth-order valence-corrected chi connectivity index (χ4v) is 5.08. The second kappa shape index (κ2) is 12.9. The maximum atomic E-state index is 13.4. The number of hydrogen-bond donors (Lipinski definition) is 2. The highest BCUT2D eigenvalue weighted by molar-refractivity contribution is 6.00. The normalized spacial score (nSPS) is 20.4. The van der Waals surface area contributed by atoms with Crippen molar-refractivity contribution in [2.75, 3.05) is 46.4 Å². The molecule has 0 aromatic heterocycles. The van der Waals surface area contributed by atoms with Gasteiger partial charge in [-0.1, -0.05) is 37.3 Å². The van der Waals surface area contributed by atoms with Crippen molar-refractivity contribution in [2.24, 2.45) is 0 Å². The summed E-state index contributed by atoms with van der Waals surface area (Å²) in [6.45, 7) is 5.86. The molecule has 2 aliphatic heterocycles. The summed E-state index contributed by atoms with van der Waals surface area (Å²) in [4.78, 5) is 42.5. The molecule has 188 valence electrons. The number of nitrogens with zero attached hydrogens (tertiary/aromatic N) is 2. The van der Waals surface area contributed by atoms with Crippen LogP contribution in [0.3, 0.4) is 0 Å². The first-order chi connectivity index (χ1) is 16.5. The lowest BCUT2D eigenvalue weighted by molar-refractivity contribution is -0.161. The van der Waals surface area contributed by atoms with E-state index in [9.17, 15) is 14.4 Å². The number of rotatable bonds is 12. The molecule has 8 heteroatoms. The lowest BCUT2D eigenvalue weighted by atomic mass is 9.81. The molecule has 2 aliphatic rings. The average molecular weight is 473 g/mol. The number of benzene rings is 1. The minimum absolute atomic E-state index is 0.00153. The zero-order valence-electron chi connectivity index (χ0n) is 20.7. The number of amides is 3. The predicted octanol–water partition coefficient (Wildman–Crippen LogP) is 1.73. The molecular formula is C26H40N4O4. The van der Waals surface area contributed by atoms with E-state index in [1.807, 2.05) is 11.0 Å². The van der Waals surface area contributed by atoms with Gasteiger partial charge >= 0.3 is 0 Å². The quantitative estimate of drug-likeness (QED) is 0.452. The average Bonchev–Trinajstić information content (AvgIpc) is 2.85. The van der Waals surface area contributed by atoms with Crippen LogP contribution in [0.15, 0.2) is 30.3 Å². The summed E-state index contributed by atoms with van der Waals surface area (Å²) in [7, 11) is 1.49. The van der Waals surface area contributed by atoms with E-state index in [1.165, 1.54) is 12.7 Å². The number of likely N-dealkylation sites (tertiary alicyclic amines) is 1. The Balaban J connectivity index is 1.51. The first-order valence-corrected chi connectivity index (χ1v) is 12.6. The van der Waals surface area contributed by atoms with Gasteiger partial charge in [0.25, 0.3) is 0 Å². The Bertz CT molecular complexity index is 808. The van der Waals surface area contributed by atoms with Crippen LogP contribution in [-0.4, -0.2) is 85.5 Å². The number of unbranched alkanes of at least 4 members (excludes halogenated alkanes) is 1. The number of nitrogens with one attached hydrogen (secondary N) is 2. The number of ether oxygens (including phenoxy) is 1. The van der Waals surface area contributed by atoms with Gasteiger partial charge < -0.3 is 25.2 Å². The predicted molar refractivity (Wildman–Crippen MR) is 131 cm³/mol. The highest BCUT2D eigenvalue weighted by atomic mass is 16.5. The Morgan fingerprint density at radius 3 is 2.56 bits per heavy atom. The van der Waals surface area contributed by atoms with Gasteiger partial charge in [0.2, 0.25) is 17.7 Å². The summed E-state index contributed by atoms with van der Waals surface area (Å²) in [6, 6.07) is 9.98. The van der Waals surface area contributed by atoms with E-state index >= 15 is 0 Å². The summed E-state index contributed by atoms with van der Waals surface area (Å²) in [5, 5.41) is 5.84. The molecule has 0 saturated carbocycles. The third-order valence-corrected chi connectivity index (χ3v) is 7.02. The van der Waals surface area contributed by atoms with Crippen LogP contribution in [0.1, 0.15) is 51.0 Å². The van der Waals surface area contributed by atoms with Gasteiger partial charge in [0.1, 0.15) is 18.2 Å². The van der Waals surface area contributed by atoms with Crippen molar-refractivity contribution in [1.82, 2.24) is 20.4 Å². The van der Waals surface area contributed by atoms with Gasteiger partial charge in [0.15, 0.2) is 0 Å². The molecule has 2 N–H and O–H groups in total. The van der Waals surface area contributed by atoms with E-state index in [0.717, 1.165) is 45.3 Å². The SMILES string of the molecule is CCCN1C(=O)[C@H](CCCCNC(=O)COC)NC(=O)C12CCN(CCc1ccccc1)CC2. The van der Waals surface area contributed by atoms with E-state index in [2.05, 4.69) is 46.7 Å². The van der Waals surface area contributed by atoms with Gasteiger partial charge in [0, 0.05) is 39.8 Å². The summed E-state index contributed by atoms with van der Waals surface area (Å²) in [6.07, 6.45) is 5.27. The van der Waals surface area contributed by atoms with Gasteiger partial charge in [0.05, 0.1) is 0 Å². The Morgan fingerprint density at radius 1 is 1.15 bits per heavy atom. The summed E-state index contributed by atoms with van der Waals surface area (Å²) >= 11 is 0. The topological polar surface area (TPSA) is 91.0 Å². The van der Waals surface area contributed by atoms with Gasteiger partial charge in [-0.2, -0.15) is 0 Å². The van der Waals surface area contributed by atoms with Crippen molar-refractivity contribution in [3.8, 4) is 0 Å². The van der Waals surface area contributed by atoms with Crippen LogP contribution in [0, 0.1) is 0 Å². The lowest BCUT2D eigenvalue weighted by Crippen LogP contribution is -2.72. The lowest BCUT2D eigenvalue weighted by Gasteiger charge is -2.51. The standard InChI is InChI=1S/C26H40N4O4/c1-3-16-30-24(32)22(11-7-8-15-27-23(31)20-34-2)28-25(33)26(30)13-18-29(19-14-26)17-12-21-9-5-4-6-10-21/h4-6,9-10,22H,3,7-8,11-20H2,1-2H3,(H,27,31)(H,28,33)/t22-/m0/s1. The molecule has 2 fully saturated rings. The summed E-state index contributed by atoms with van der Waals surface area (Å²) in [5.74, 6) is -0.0972. The number of piperidine rings is 1. The van der Waals surface area contributed by atoms with E-state index in [1.54, 1.807) is 0 Å². The molecule has 8 nitrogen and oxygen atoms in total. The first kappa shape index (κ1) is 26.2. The molecule has 1 aromatic rings. The minimum Gasteiger partial charge on any atom is -0.375 e. The monoisotopic (exact) mass is 472 g/mol. The van der Waals surface area contributed by atoms with Crippen LogP contribution >= 0.6 is 0 Å². The molecule has 1 aromatic carbocycles. The molecule has 0 bridgehead atoms. The zero-order valence-corrected chi connectivity index (χ0v) is 20.7. The fourth-order valence-electron chi connectivity index (χ4n) is 5.08. The second-order valence-corrected chi connectivity index (χ2v) is 9.40. The Labute approximate surface area is 203 Å². The van der Waals surface area contributed by atoms with Crippen LogP contribution < -0.4 is 10.6 Å². The van der Waals surface area contributed by atoms with Gasteiger partial charge in [-0.05, 0) is 50.5 Å². The van der Waals surface area contributed by atoms with Crippen molar-refractivity contribution < 1.29 is 19.1 Å². The molecule has 2 saturated heterocycles. The minimum atomic E-state index is -0.721. The van der Waals surface area contributed by atoms with E-state index in [4.69, 9.17) is 4.74 Å². The molecule has 0 unspecified atom stereocenters. The molecule has 1 atom stereocenters. The van der Waals surface area contributed by atoms with E-state index in [-0.39, 0.29) is 24.3 Å². The van der Waals surface area contributed by atoms with Crippen molar-refractivity contribution in [2.45, 2.75) is 63.5 Å². The van der Waals surface area contributed by atoms with Crippen LogP contribution in [0.5, 0.6) is 0 Å². The van der Waals surface area contributed by atoms with Gasteiger partial charge in [-0.3, -0.25) is 14.4 Å². The van der Waals surface area contributed by atoms with Crippen molar-refractivity contribution in [1.29, 1.82) is 0 Å². The third kappa shape index (κ3) is 6.57. The Morgan fingerprint density at radius 2 is 1.88 bits per heavy atom. The Hall–Kier alpha value is -2.45. The van der Waals surface area contributed by atoms with Crippen molar-refractivity contribution in [3.63, 3.8) is 0 Å². The van der Waals surface area contributed by atoms with Crippen molar-refractivity contribution >= 4 is 17.7 Å². The van der Waals surface area contributed by atoms with Crippen LogP contribution in [0.25, 0.3) is 0 Å². The number of piperazine rings is 1. The molecule has 3 rings (SSSR count). The maximum absolute atomic E-state index is 13.4. The van der Waals surface area contributed by atoms with E-state index in [0.29, 0.717) is 32.4 Å². The zero-order chi connectivity index (χ0) is 24.4. The highest BCUT2D eigenvalue weighted by Gasteiger charge is 2.52. The largest absolute Gasteiger partial charge is 0.375 e. The molecule has 2 heterocycles. The number of methoxy groups -OCH3 is 1. The third-order valence-electron chi connectivity index (χ3n) is 7.02. The van der Waals surface area contributed by atoms with Gasteiger partial charge in [-0.25, -0.2) is 0 Å². The van der Waals surface area contributed by atoms with Crippen LogP contribution in [0.4, 0.5) is 0 Å². The van der Waals surface area contributed by atoms with Crippen molar-refractivity contribution in [3.05, 3.63) is 35.9 Å². The summed E-state index contributed by atoms with van der Waals surface area (Å²) in [5.41, 5.74) is 0.600. The smallest absolute Gasteiger partial charge is 0.246 e. The molecular weight excluding hydrogens is 432 g/mol. The Kier molecular flexibility index (Phi) is 9.89. The van der Waals surface area contributed by atoms with Crippen LogP contribution in [-0.2, 0) is 25.5 Å². The molecule has 1 spiro atoms. The van der Waals surface area contributed by atoms with Gasteiger partial charge in [-0.15, -0.1) is 0 Å². The molecule has 3 amide bonds. The van der Waals surface area contributed by atoms with Crippen LogP contribution in [0.2, 0.25) is 0 Å². The number of carbonyl (C=O) groups is 3.